The van der Waals surface area contributed by atoms with Crippen LogP contribution in [0.1, 0.15) is 16.1 Å². The SMILES string of the molecule is COc1ccc(CCNc2cnc(C(=O)NCCN(C)C)cn2)cc1. The van der Waals surface area contributed by atoms with Crippen LogP contribution in [0.25, 0.3) is 0 Å². The van der Waals surface area contributed by atoms with E-state index in [1.165, 1.54) is 11.8 Å². The van der Waals surface area contributed by atoms with Gasteiger partial charge in [-0.15, -0.1) is 0 Å². The molecule has 0 aliphatic heterocycles. The molecule has 25 heavy (non-hydrogen) atoms. The summed E-state index contributed by atoms with van der Waals surface area (Å²) in [6, 6.07) is 7.96. The molecule has 1 heterocycles. The molecular formula is C18H25N5O2. The highest BCUT2D eigenvalue weighted by Gasteiger charge is 2.07. The Kier molecular flexibility index (Phi) is 7.16. The van der Waals surface area contributed by atoms with E-state index in [9.17, 15) is 4.79 Å². The standard InChI is InChI=1S/C18H25N5O2/c1-23(2)11-10-20-18(24)16-12-22-17(13-21-16)19-9-8-14-4-6-15(25-3)7-5-14/h4-7,12-13H,8-11H2,1-3H3,(H,19,22)(H,20,24). The highest BCUT2D eigenvalue weighted by atomic mass is 16.5. The number of hydrogen-bond donors (Lipinski definition) is 2. The molecule has 7 nitrogen and oxygen atoms in total. The third-order valence-corrected chi connectivity index (χ3v) is 3.61. The Bertz CT molecular complexity index is 656. The molecule has 0 saturated heterocycles. The number of methoxy groups -OCH3 is 1. The number of likely N-dealkylation sites (N-methyl/N-ethyl adjacent to an activating group) is 1. The lowest BCUT2D eigenvalue weighted by atomic mass is 10.1. The van der Waals surface area contributed by atoms with Crippen molar-refractivity contribution in [3.05, 3.63) is 47.9 Å². The summed E-state index contributed by atoms with van der Waals surface area (Å²) in [5.41, 5.74) is 1.53. The third kappa shape index (κ3) is 6.39. The normalized spacial score (nSPS) is 10.6. The summed E-state index contributed by atoms with van der Waals surface area (Å²) in [6.45, 7) is 2.09. The van der Waals surface area contributed by atoms with Crippen molar-refractivity contribution in [2.75, 3.05) is 46.2 Å². The first-order valence-corrected chi connectivity index (χ1v) is 8.20. The van der Waals surface area contributed by atoms with Crippen LogP contribution in [0, 0.1) is 0 Å². The number of nitrogens with one attached hydrogen (secondary N) is 2. The van der Waals surface area contributed by atoms with Crippen LogP contribution in [-0.2, 0) is 6.42 Å². The third-order valence-electron chi connectivity index (χ3n) is 3.61. The Morgan fingerprint density at radius 1 is 1.12 bits per heavy atom. The lowest BCUT2D eigenvalue weighted by Gasteiger charge is -2.10. The molecule has 0 saturated carbocycles. The Labute approximate surface area is 148 Å². The summed E-state index contributed by atoms with van der Waals surface area (Å²) in [5, 5.41) is 6.01. The topological polar surface area (TPSA) is 79.4 Å². The zero-order valence-electron chi connectivity index (χ0n) is 15.0. The molecule has 1 aromatic carbocycles. The van der Waals surface area contributed by atoms with Gasteiger partial charge in [-0.3, -0.25) is 4.79 Å². The van der Waals surface area contributed by atoms with Gasteiger partial charge in [-0.2, -0.15) is 0 Å². The summed E-state index contributed by atoms with van der Waals surface area (Å²) in [5.74, 6) is 1.29. The van der Waals surface area contributed by atoms with Crippen molar-refractivity contribution in [3.8, 4) is 5.75 Å². The lowest BCUT2D eigenvalue weighted by molar-refractivity contribution is 0.0945. The van der Waals surface area contributed by atoms with Crippen LogP contribution in [0.4, 0.5) is 5.82 Å². The molecule has 0 aliphatic rings. The molecule has 0 fully saturated rings. The molecule has 0 unspecified atom stereocenters. The first kappa shape index (κ1) is 18.7. The summed E-state index contributed by atoms with van der Waals surface area (Å²) < 4.78 is 5.14. The Morgan fingerprint density at radius 2 is 1.88 bits per heavy atom. The quantitative estimate of drug-likeness (QED) is 0.717. The molecule has 0 bridgehead atoms. The van der Waals surface area contributed by atoms with Gasteiger partial charge < -0.3 is 20.3 Å². The van der Waals surface area contributed by atoms with Gasteiger partial charge in [0.25, 0.3) is 5.91 Å². The molecule has 7 heteroatoms. The first-order chi connectivity index (χ1) is 12.1. The van der Waals surface area contributed by atoms with Crippen LogP contribution in [0.15, 0.2) is 36.7 Å². The summed E-state index contributed by atoms with van der Waals surface area (Å²) in [6.07, 6.45) is 3.92. The Hall–Kier alpha value is -2.67. The van der Waals surface area contributed by atoms with Gasteiger partial charge in [0.1, 0.15) is 17.3 Å². The van der Waals surface area contributed by atoms with Crippen molar-refractivity contribution in [1.82, 2.24) is 20.2 Å². The van der Waals surface area contributed by atoms with E-state index < -0.39 is 0 Å². The van der Waals surface area contributed by atoms with E-state index in [1.54, 1.807) is 13.3 Å². The van der Waals surface area contributed by atoms with Gasteiger partial charge >= 0.3 is 0 Å². The fourth-order valence-corrected chi connectivity index (χ4v) is 2.15. The highest BCUT2D eigenvalue weighted by molar-refractivity contribution is 5.91. The molecule has 2 rings (SSSR count). The van der Waals surface area contributed by atoms with Gasteiger partial charge in [0, 0.05) is 19.6 Å². The number of ether oxygens (including phenoxy) is 1. The van der Waals surface area contributed by atoms with Gasteiger partial charge in [-0.1, -0.05) is 12.1 Å². The number of hydrogen-bond acceptors (Lipinski definition) is 6. The fraction of sp³-hybridized carbons (Fsp3) is 0.389. The maximum atomic E-state index is 11.9. The number of nitrogens with zero attached hydrogens (tertiary/aromatic N) is 3. The predicted octanol–water partition coefficient (Wildman–Crippen LogP) is 1.43. The molecule has 0 spiro atoms. The van der Waals surface area contributed by atoms with Gasteiger partial charge in [0.15, 0.2) is 0 Å². The Morgan fingerprint density at radius 3 is 2.48 bits per heavy atom. The van der Waals surface area contributed by atoms with Crippen LogP contribution < -0.4 is 15.4 Å². The predicted molar refractivity (Wildman–Crippen MR) is 98.1 cm³/mol. The second-order valence-corrected chi connectivity index (χ2v) is 5.87. The van der Waals surface area contributed by atoms with Crippen LogP contribution in [-0.4, -0.2) is 61.6 Å². The van der Waals surface area contributed by atoms with Crippen molar-refractivity contribution >= 4 is 11.7 Å². The van der Waals surface area contributed by atoms with Gasteiger partial charge in [-0.05, 0) is 38.2 Å². The minimum atomic E-state index is -0.209. The molecular weight excluding hydrogens is 318 g/mol. The van der Waals surface area contributed by atoms with E-state index in [0.717, 1.165) is 25.3 Å². The zero-order chi connectivity index (χ0) is 18.1. The van der Waals surface area contributed by atoms with Crippen molar-refractivity contribution in [2.24, 2.45) is 0 Å². The molecule has 2 aromatic rings. The van der Waals surface area contributed by atoms with Gasteiger partial charge in [0.05, 0.1) is 19.5 Å². The van der Waals surface area contributed by atoms with Gasteiger partial charge in [-0.25, -0.2) is 9.97 Å². The maximum absolute atomic E-state index is 11.9. The minimum Gasteiger partial charge on any atom is -0.497 e. The summed E-state index contributed by atoms with van der Waals surface area (Å²) in [4.78, 5) is 22.3. The number of rotatable bonds is 9. The number of aromatic nitrogens is 2. The average molecular weight is 343 g/mol. The first-order valence-electron chi connectivity index (χ1n) is 8.20. The minimum absolute atomic E-state index is 0.209. The number of benzene rings is 1. The lowest BCUT2D eigenvalue weighted by Crippen LogP contribution is -2.31. The fourth-order valence-electron chi connectivity index (χ4n) is 2.15. The molecule has 0 radical (unpaired) electrons. The van der Waals surface area contributed by atoms with Crippen molar-refractivity contribution in [1.29, 1.82) is 0 Å². The van der Waals surface area contributed by atoms with Crippen LogP contribution in [0.5, 0.6) is 5.75 Å². The van der Waals surface area contributed by atoms with Crippen LogP contribution in [0.3, 0.4) is 0 Å². The summed E-state index contributed by atoms with van der Waals surface area (Å²) >= 11 is 0. The van der Waals surface area contributed by atoms with E-state index in [-0.39, 0.29) is 5.91 Å². The molecule has 0 atom stereocenters. The molecule has 1 aromatic heterocycles. The number of amides is 1. The molecule has 2 N–H and O–H groups in total. The highest BCUT2D eigenvalue weighted by Crippen LogP contribution is 2.11. The van der Waals surface area contributed by atoms with E-state index >= 15 is 0 Å². The van der Waals surface area contributed by atoms with Gasteiger partial charge in [0.2, 0.25) is 0 Å². The molecule has 1 amide bonds. The summed E-state index contributed by atoms with van der Waals surface area (Å²) in [7, 11) is 5.57. The maximum Gasteiger partial charge on any atom is 0.271 e. The van der Waals surface area contributed by atoms with E-state index in [2.05, 4.69) is 20.6 Å². The van der Waals surface area contributed by atoms with Crippen molar-refractivity contribution in [2.45, 2.75) is 6.42 Å². The van der Waals surface area contributed by atoms with E-state index in [1.807, 2.05) is 43.3 Å². The second kappa shape index (κ2) is 9.58. The van der Waals surface area contributed by atoms with Crippen LogP contribution in [0.2, 0.25) is 0 Å². The average Bonchev–Trinajstić information content (AvgIpc) is 2.62. The second-order valence-electron chi connectivity index (χ2n) is 5.87. The number of anilines is 1. The van der Waals surface area contributed by atoms with Crippen molar-refractivity contribution in [3.63, 3.8) is 0 Å². The number of carbonyl (C=O) groups is 1. The van der Waals surface area contributed by atoms with Crippen LogP contribution >= 0.6 is 0 Å². The van der Waals surface area contributed by atoms with Crippen molar-refractivity contribution < 1.29 is 9.53 Å². The Balaban J connectivity index is 1.76. The largest absolute Gasteiger partial charge is 0.497 e. The zero-order valence-corrected chi connectivity index (χ0v) is 15.0. The molecule has 134 valence electrons. The van der Waals surface area contributed by atoms with E-state index in [4.69, 9.17) is 4.74 Å². The smallest absolute Gasteiger partial charge is 0.271 e. The monoisotopic (exact) mass is 343 g/mol. The van der Waals surface area contributed by atoms with E-state index in [0.29, 0.717) is 18.1 Å². The number of carbonyl (C=O) groups excluding carboxylic acids is 1. The molecule has 0 aliphatic carbocycles.